The Balaban J connectivity index is 1.18. The lowest BCUT2D eigenvalue weighted by Gasteiger charge is -2.50. The summed E-state index contributed by atoms with van der Waals surface area (Å²) in [6, 6.07) is 12.4. The van der Waals surface area contributed by atoms with Gasteiger partial charge >= 0.3 is 0 Å². The average molecular weight is 684 g/mol. The van der Waals surface area contributed by atoms with Crippen LogP contribution in [0.15, 0.2) is 161 Å². The van der Waals surface area contributed by atoms with Gasteiger partial charge in [0.2, 0.25) is 0 Å². The molecule has 0 amide bonds. The zero-order valence-electron chi connectivity index (χ0n) is 31.1. The Morgan fingerprint density at radius 1 is 0.692 bits per heavy atom. The lowest BCUT2D eigenvalue weighted by Crippen LogP contribution is -2.45. The predicted molar refractivity (Wildman–Crippen MR) is 217 cm³/mol. The van der Waals surface area contributed by atoms with Crippen molar-refractivity contribution in [2.24, 2.45) is 41.4 Å². The molecule has 10 rings (SSSR count). The first-order valence-corrected chi connectivity index (χ1v) is 21.2. The summed E-state index contributed by atoms with van der Waals surface area (Å²) in [6.07, 6.45) is 57.1. The molecule has 0 bridgehead atoms. The van der Waals surface area contributed by atoms with Gasteiger partial charge in [-0.3, -0.25) is 0 Å². The van der Waals surface area contributed by atoms with Crippen LogP contribution in [0.1, 0.15) is 95.5 Å². The first kappa shape index (κ1) is 32.8. The van der Waals surface area contributed by atoms with E-state index >= 15 is 0 Å². The van der Waals surface area contributed by atoms with Crippen LogP contribution < -0.4 is 0 Å². The maximum absolute atomic E-state index is 2.94. The molecule has 0 saturated heterocycles. The number of rotatable bonds is 6. The SMILES string of the molecule is C1=CCC(C2=CCC(N(C3=CC4C=CC=CC4CC3)C3=C4C(CC=C3)C3C5=C(CCCC5)CCC3C4(c3ccccc3)C3CC=CCC3)C=C2)C=C1. The monoisotopic (exact) mass is 683 g/mol. The largest absolute Gasteiger partial charge is 0.338 e. The van der Waals surface area contributed by atoms with Gasteiger partial charge in [0, 0.05) is 28.6 Å². The van der Waals surface area contributed by atoms with E-state index in [1.54, 1.807) is 17.0 Å². The minimum absolute atomic E-state index is 0.0551. The van der Waals surface area contributed by atoms with E-state index in [0.29, 0.717) is 47.5 Å². The number of fused-ring (bicyclic) bond motifs is 5. The fourth-order valence-corrected chi connectivity index (χ4v) is 12.9. The van der Waals surface area contributed by atoms with E-state index in [2.05, 4.69) is 132 Å². The highest BCUT2D eigenvalue weighted by molar-refractivity contribution is 5.55. The van der Waals surface area contributed by atoms with E-state index < -0.39 is 0 Å². The Labute approximate surface area is 313 Å². The molecule has 1 heteroatoms. The summed E-state index contributed by atoms with van der Waals surface area (Å²) in [4.78, 5) is 2.94. The molecule has 9 aliphatic carbocycles. The van der Waals surface area contributed by atoms with Crippen LogP contribution in [-0.4, -0.2) is 10.9 Å². The van der Waals surface area contributed by atoms with E-state index in [-0.39, 0.29) is 5.41 Å². The van der Waals surface area contributed by atoms with Crippen LogP contribution in [0.2, 0.25) is 0 Å². The first-order chi connectivity index (χ1) is 25.8. The highest BCUT2D eigenvalue weighted by Crippen LogP contribution is 2.69. The fourth-order valence-electron chi connectivity index (χ4n) is 12.9. The van der Waals surface area contributed by atoms with E-state index in [0.717, 1.165) is 19.3 Å². The molecular formula is C51H57N. The zero-order chi connectivity index (χ0) is 34.5. The Morgan fingerprint density at radius 3 is 2.44 bits per heavy atom. The predicted octanol–water partition coefficient (Wildman–Crippen LogP) is 12.7. The molecule has 1 saturated carbocycles. The summed E-state index contributed by atoms with van der Waals surface area (Å²) < 4.78 is 0. The molecule has 0 heterocycles. The molecule has 9 atom stereocenters. The second-order valence-corrected chi connectivity index (χ2v) is 17.4. The normalized spacial score (nSPS) is 37.3. The summed E-state index contributed by atoms with van der Waals surface area (Å²) in [5.74, 6) is 4.22. The first-order valence-electron chi connectivity index (χ1n) is 21.2. The van der Waals surface area contributed by atoms with Crippen molar-refractivity contribution in [1.82, 2.24) is 4.90 Å². The Hall–Kier alpha value is -3.84. The van der Waals surface area contributed by atoms with Gasteiger partial charge in [-0.15, -0.1) is 0 Å². The minimum atomic E-state index is 0.0551. The number of allylic oxidation sites excluding steroid dienone is 19. The van der Waals surface area contributed by atoms with Crippen LogP contribution in [-0.2, 0) is 5.41 Å². The van der Waals surface area contributed by atoms with Gasteiger partial charge < -0.3 is 4.90 Å². The Bertz CT molecular complexity index is 1900. The van der Waals surface area contributed by atoms with Crippen molar-refractivity contribution in [1.29, 1.82) is 0 Å². The highest BCUT2D eigenvalue weighted by atomic mass is 15.2. The molecule has 1 aromatic carbocycles. The van der Waals surface area contributed by atoms with Crippen molar-refractivity contribution in [3.63, 3.8) is 0 Å². The molecule has 1 fully saturated rings. The third kappa shape index (κ3) is 5.39. The van der Waals surface area contributed by atoms with Crippen molar-refractivity contribution in [3.8, 4) is 0 Å². The smallest absolute Gasteiger partial charge is 0.0556 e. The third-order valence-corrected chi connectivity index (χ3v) is 15.0. The summed E-state index contributed by atoms with van der Waals surface area (Å²) in [6.45, 7) is 0. The van der Waals surface area contributed by atoms with E-state index in [9.17, 15) is 0 Å². The number of hydrogen-bond acceptors (Lipinski definition) is 1. The average Bonchev–Trinajstić information content (AvgIpc) is 3.54. The van der Waals surface area contributed by atoms with Gasteiger partial charge in [0.25, 0.3) is 0 Å². The lowest BCUT2D eigenvalue weighted by atomic mass is 9.55. The van der Waals surface area contributed by atoms with Gasteiger partial charge in [-0.25, -0.2) is 0 Å². The van der Waals surface area contributed by atoms with E-state index in [1.807, 2.05) is 16.7 Å². The molecule has 0 radical (unpaired) electrons. The van der Waals surface area contributed by atoms with Crippen LogP contribution in [0.3, 0.4) is 0 Å². The lowest BCUT2D eigenvalue weighted by molar-refractivity contribution is 0.169. The Morgan fingerprint density at radius 2 is 1.60 bits per heavy atom. The summed E-state index contributed by atoms with van der Waals surface area (Å²) in [5.41, 5.74) is 11.9. The van der Waals surface area contributed by atoms with Gasteiger partial charge in [-0.1, -0.05) is 133 Å². The number of benzene rings is 1. The number of hydrogen-bond donors (Lipinski definition) is 0. The van der Waals surface area contributed by atoms with Crippen LogP contribution in [0, 0.1) is 41.4 Å². The molecule has 0 N–H and O–H groups in total. The standard InChI is InChI=1S/C51H57N/c1-4-15-36(16-5-1)38-27-31-43(32-28-38)52(44-33-29-37-17-10-11-19-40(37)35-44)48-26-14-25-46-49-45-24-13-12-18-39(45)30-34-47(49)51(50(46)48,41-20-6-2-7-21-41)42-22-8-3-9-23-42/h1-8,10-11,14-15,17,19-21,26-28,31,35-37,40,42-43,46-47,49H,9,12-13,16,18,22-25,29-30,32-34H2. The van der Waals surface area contributed by atoms with E-state index in [1.165, 1.54) is 76.2 Å². The summed E-state index contributed by atoms with van der Waals surface area (Å²) in [7, 11) is 0. The molecule has 9 aliphatic rings. The topological polar surface area (TPSA) is 3.24 Å². The molecule has 266 valence electrons. The van der Waals surface area contributed by atoms with Crippen LogP contribution in [0.5, 0.6) is 0 Å². The van der Waals surface area contributed by atoms with Crippen molar-refractivity contribution < 1.29 is 0 Å². The molecule has 0 aromatic heterocycles. The van der Waals surface area contributed by atoms with Crippen molar-refractivity contribution in [2.45, 2.75) is 101 Å². The van der Waals surface area contributed by atoms with Crippen molar-refractivity contribution in [2.75, 3.05) is 0 Å². The van der Waals surface area contributed by atoms with E-state index in [4.69, 9.17) is 0 Å². The minimum Gasteiger partial charge on any atom is -0.338 e. The summed E-state index contributed by atoms with van der Waals surface area (Å²) in [5, 5.41) is 0. The maximum Gasteiger partial charge on any atom is 0.0556 e. The van der Waals surface area contributed by atoms with Gasteiger partial charge in [0.05, 0.1) is 6.04 Å². The molecule has 0 spiro atoms. The van der Waals surface area contributed by atoms with Gasteiger partial charge in [-0.05, 0) is 142 Å². The second-order valence-electron chi connectivity index (χ2n) is 17.4. The molecule has 9 unspecified atom stereocenters. The van der Waals surface area contributed by atoms with Crippen LogP contribution >= 0.6 is 0 Å². The molecule has 52 heavy (non-hydrogen) atoms. The van der Waals surface area contributed by atoms with Gasteiger partial charge in [-0.2, -0.15) is 0 Å². The summed E-state index contributed by atoms with van der Waals surface area (Å²) >= 11 is 0. The second kappa shape index (κ2) is 13.9. The number of nitrogens with zero attached hydrogens (tertiary/aromatic N) is 1. The Kier molecular flexibility index (Phi) is 8.74. The molecular weight excluding hydrogens is 627 g/mol. The third-order valence-electron chi connectivity index (χ3n) is 15.0. The van der Waals surface area contributed by atoms with Crippen molar-refractivity contribution >= 4 is 0 Å². The maximum atomic E-state index is 2.94. The van der Waals surface area contributed by atoms with Gasteiger partial charge in [0.1, 0.15) is 0 Å². The van der Waals surface area contributed by atoms with Crippen LogP contribution in [0.25, 0.3) is 0 Å². The van der Waals surface area contributed by atoms with Gasteiger partial charge in [0.15, 0.2) is 0 Å². The molecule has 0 aliphatic heterocycles. The molecule has 1 nitrogen and oxygen atoms in total. The highest BCUT2D eigenvalue weighted by Gasteiger charge is 2.63. The fraction of sp³-hybridized carbons (Fsp3) is 0.451. The van der Waals surface area contributed by atoms with Crippen molar-refractivity contribution in [3.05, 3.63) is 167 Å². The zero-order valence-corrected chi connectivity index (χ0v) is 31.1. The quantitative estimate of drug-likeness (QED) is 0.270. The molecule has 1 aromatic rings. The van der Waals surface area contributed by atoms with Crippen LogP contribution in [0.4, 0.5) is 0 Å².